The van der Waals surface area contributed by atoms with Gasteiger partial charge in [0.05, 0.1) is 0 Å². The minimum atomic E-state index is -0.105. The summed E-state index contributed by atoms with van der Waals surface area (Å²) in [6.07, 6.45) is 8.11. The average molecular weight is 266 g/mol. The fraction of sp³-hybridized carbons (Fsp3) is 0.938. The standard InChI is InChI=1S/C16H30N2O/c1-11-10-16(2,3)9-8-14(11)18-13-6-4-12(5-7-13)15(17)19/h11-14,18H,4-10H2,1-3H3,(H2,17,19). The van der Waals surface area contributed by atoms with Gasteiger partial charge in [-0.25, -0.2) is 0 Å². The van der Waals surface area contributed by atoms with Crippen LogP contribution in [0, 0.1) is 17.3 Å². The van der Waals surface area contributed by atoms with Gasteiger partial charge in [0.2, 0.25) is 5.91 Å². The molecule has 2 aliphatic rings. The number of hydrogen-bond donors (Lipinski definition) is 2. The van der Waals surface area contributed by atoms with Gasteiger partial charge in [-0.3, -0.25) is 4.79 Å². The van der Waals surface area contributed by atoms with Gasteiger partial charge < -0.3 is 11.1 Å². The monoisotopic (exact) mass is 266 g/mol. The SMILES string of the molecule is CC1CC(C)(C)CCC1NC1CCC(C(N)=O)CC1. The number of amides is 1. The van der Waals surface area contributed by atoms with E-state index in [1.54, 1.807) is 0 Å². The van der Waals surface area contributed by atoms with Crippen LogP contribution in [0.1, 0.15) is 65.7 Å². The molecular formula is C16H30N2O. The van der Waals surface area contributed by atoms with Crippen LogP contribution >= 0.6 is 0 Å². The summed E-state index contributed by atoms with van der Waals surface area (Å²) in [4.78, 5) is 11.2. The Labute approximate surface area is 117 Å². The molecule has 0 spiro atoms. The molecule has 0 aromatic heterocycles. The van der Waals surface area contributed by atoms with Crippen LogP contribution in [0.5, 0.6) is 0 Å². The van der Waals surface area contributed by atoms with Gasteiger partial charge in [0.15, 0.2) is 0 Å². The lowest BCUT2D eigenvalue weighted by molar-refractivity contribution is -0.122. The van der Waals surface area contributed by atoms with Crippen molar-refractivity contribution in [2.24, 2.45) is 23.0 Å². The Bertz CT molecular complexity index is 319. The van der Waals surface area contributed by atoms with Crippen molar-refractivity contribution < 1.29 is 4.79 Å². The lowest BCUT2D eigenvalue weighted by Gasteiger charge is -2.42. The summed E-state index contributed by atoms with van der Waals surface area (Å²) in [5.41, 5.74) is 5.90. The molecule has 0 aromatic carbocycles. The fourth-order valence-electron chi connectivity index (χ4n) is 4.04. The maximum atomic E-state index is 11.2. The van der Waals surface area contributed by atoms with Gasteiger partial charge in [0.25, 0.3) is 0 Å². The average Bonchev–Trinajstić information content (AvgIpc) is 2.33. The second-order valence-corrected chi connectivity index (χ2v) is 7.61. The highest BCUT2D eigenvalue weighted by atomic mass is 16.1. The Kier molecular flexibility index (Phi) is 4.54. The molecule has 0 heterocycles. The van der Waals surface area contributed by atoms with E-state index in [0.29, 0.717) is 17.5 Å². The van der Waals surface area contributed by atoms with Crippen LogP contribution < -0.4 is 11.1 Å². The van der Waals surface area contributed by atoms with E-state index < -0.39 is 0 Å². The van der Waals surface area contributed by atoms with Crippen LogP contribution in [0.4, 0.5) is 0 Å². The summed E-state index contributed by atoms with van der Waals surface area (Å²) in [7, 11) is 0. The van der Waals surface area contributed by atoms with E-state index in [2.05, 4.69) is 26.1 Å². The Morgan fingerprint density at radius 3 is 2.32 bits per heavy atom. The summed E-state index contributed by atoms with van der Waals surface area (Å²) in [6.45, 7) is 7.16. The van der Waals surface area contributed by atoms with Gasteiger partial charge in [0, 0.05) is 18.0 Å². The molecular weight excluding hydrogens is 236 g/mol. The van der Waals surface area contributed by atoms with Gasteiger partial charge in [-0.05, 0) is 56.3 Å². The molecule has 2 fully saturated rings. The normalized spacial score (nSPS) is 38.9. The molecule has 1 amide bonds. The summed E-state index contributed by atoms with van der Waals surface area (Å²) in [5.74, 6) is 0.782. The van der Waals surface area contributed by atoms with E-state index in [4.69, 9.17) is 5.73 Å². The van der Waals surface area contributed by atoms with Crippen LogP contribution in [-0.2, 0) is 4.79 Å². The van der Waals surface area contributed by atoms with Crippen LogP contribution in [0.25, 0.3) is 0 Å². The zero-order valence-corrected chi connectivity index (χ0v) is 12.7. The third-order valence-corrected chi connectivity index (χ3v) is 5.27. The van der Waals surface area contributed by atoms with Gasteiger partial charge >= 0.3 is 0 Å². The number of carbonyl (C=O) groups is 1. The molecule has 2 saturated carbocycles. The van der Waals surface area contributed by atoms with Gasteiger partial charge in [-0.1, -0.05) is 20.8 Å². The van der Waals surface area contributed by atoms with Crippen LogP contribution in [-0.4, -0.2) is 18.0 Å². The van der Waals surface area contributed by atoms with E-state index in [1.165, 1.54) is 19.3 Å². The molecule has 0 aliphatic heterocycles. The molecule has 3 nitrogen and oxygen atoms in total. The number of carbonyl (C=O) groups excluding carboxylic acids is 1. The van der Waals surface area contributed by atoms with Crippen LogP contribution in [0.3, 0.4) is 0 Å². The lowest BCUT2D eigenvalue weighted by atomic mass is 9.70. The topological polar surface area (TPSA) is 55.1 Å². The van der Waals surface area contributed by atoms with Crippen molar-refractivity contribution in [1.29, 1.82) is 0 Å². The van der Waals surface area contributed by atoms with Crippen LogP contribution in [0.15, 0.2) is 0 Å². The molecule has 0 radical (unpaired) electrons. The third kappa shape index (κ3) is 3.95. The molecule has 2 unspecified atom stereocenters. The molecule has 3 N–H and O–H groups in total. The molecule has 19 heavy (non-hydrogen) atoms. The molecule has 2 rings (SSSR count). The van der Waals surface area contributed by atoms with Gasteiger partial charge in [-0.15, -0.1) is 0 Å². The van der Waals surface area contributed by atoms with Crippen molar-refractivity contribution in [3.8, 4) is 0 Å². The van der Waals surface area contributed by atoms with Crippen LogP contribution in [0.2, 0.25) is 0 Å². The molecule has 2 aliphatic carbocycles. The van der Waals surface area contributed by atoms with Crippen molar-refractivity contribution in [2.75, 3.05) is 0 Å². The highest BCUT2D eigenvalue weighted by molar-refractivity contribution is 5.76. The van der Waals surface area contributed by atoms with E-state index in [1.807, 2.05) is 0 Å². The van der Waals surface area contributed by atoms with E-state index >= 15 is 0 Å². The first-order valence-corrected chi connectivity index (χ1v) is 7.93. The summed E-state index contributed by atoms with van der Waals surface area (Å²) in [5, 5.41) is 3.85. The van der Waals surface area contributed by atoms with E-state index in [-0.39, 0.29) is 11.8 Å². The van der Waals surface area contributed by atoms with E-state index in [9.17, 15) is 4.79 Å². The maximum Gasteiger partial charge on any atom is 0.220 e. The van der Waals surface area contributed by atoms with Crippen molar-refractivity contribution in [2.45, 2.75) is 77.8 Å². The largest absolute Gasteiger partial charge is 0.369 e. The van der Waals surface area contributed by atoms with Crippen molar-refractivity contribution >= 4 is 5.91 Å². The summed E-state index contributed by atoms with van der Waals surface area (Å²) in [6, 6.07) is 1.27. The Morgan fingerprint density at radius 1 is 1.16 bits per heavy atom. The molecule has 2 atom stereocenters. The predicted molar refractivity (Wildman–Crippen MR) is 78.7 cm³/mol. The molecule has 110 valence electrons. The second-order valence-electron chi connectivity index (χ2n) is 7.61. The smallest absolute Gasteiger partial charge is 0.220 e. The highest BCUT2D eigenvalue weighted by Gasteiger charge is 2.34. The fourth-order valence-corrected chi connectivity index (χ4v) is 4.04. The van der Waals surface area contributed by atoms with Gasteiger partial charge in [-0.2, -0.15) is 0 Å². The van der Waals surface area contributed by atoms with Crippen molar-refractivity contribution in [1.82, 2.24) is 5.32 Å². The Hall–Kier alpha value is -0.570. The minimum Gasteiger partial charge on any atom is -0.369 e. The third-order valence-electron chi connectivity index (χ3n) is 5.27. The number of primary amides is 1. The maximum absolute atomic E-state index is 11.2. The number of nitrogens with two attached hydrogens (primary N) is 1. The molecule has 0 saturated heterocycles. The lowest BCUT2D eigenvalue weighted by Crippen LogP contribution is -2.47. The Morgan fingerprint density at radius 2 is 1.79 bits per heavy atom. The first-order valence-electron chi connectivity index (χ1n) is 7.93. The molecule has 0 bridgehead atoms. The molecule has 0 aromatic rings. The number of rotatable bonds is 3. The second kappa shape index (κ2) is 5.82. The summed E-state index contributed by atoms with van der Waals surface area (Å²) < 4.78 is 0. The first kappa shape index (κ1) is 14.8. The number of hydrogen-bond acceptors (Lipinski definition) is 2. The zero-order valence-electron chi connectivity index (χ0n) is 12.7. The Balaban J connectivity index is 1.78. The minimum absolute atomic E-state index is 0.105. The van der Waals surface area contributed by atoms with Gasteiger partial charge in [0.1, 0.15) is 0 Å². The first-order chi connectivity index (χ1) is 8.87. The zero-order chi connectivity index (χ0) is 14.0. The highest BCUT2D eigenvalue weighted by Crippen LogP contribution is 2.39. The molecule has 3 heteroatoms. The summed E-state index contributed by atoms with van der Waals surface area (Å²) >= 11 is 0. The van der Waals surface area contributed by atoms with Crippen molar-refractivity contribution in [3.63, 3.8) is 0 Å². The van der Waals surface area contributed by atoms with Crippen molar-refractivity contribution in [3.05, 3.63) is 0 Å². The predicted octanol–water partition coefficient (Wildman–Crippen LogP) is 2.83. The quantitative estimate of drug-likeness (QED) is 0.825. The number of nitrogens with one attached hydrogen (secondary N) is 1. The van der Waals surface area contributed by atoms with E-state index in [0.717, 1.165) is 31.6 Å².